The maximum atomic E-state index is 12.6. The van der Waals surface area contributed by atoms with Gasteiger partial charge in [-0.3, -0.25) is 4.31 Å². The van der Waals surface area contributed by atoms with Gasteiger partial charge in [0.2, 0.25) is 0 Å². The molecule has 19 heavy (non-hydrogen) atoms. The number of nitrogen functional groups attached to an aromatic ring is 1. The molecule has 0 bridgehead atoms. The molecule has 1 heterocycles. The van der Waals surface area contributed by atoms with Crippen LogP contribution < -0.4 is 10.0 Å². The molecule has 0 atom stereocenters. The van der Waals surface area contributed by atoms with E-state index in [9.17, 15) is 8.42 Å². The summed E-state index contributed by atoms with van der Waals surface area (Å²) in [5.74, 6) is 0. The van der Waals surface area contributed by atoms with E-state index < -0.39 is 10.2 Å². The number of nitrogens with two attached hydrogens (primary N) is 1. The van der Waals surface area contributed by atoms with Crippen LogP contribution in [-0.2, 0) is 10.2 Å². The van der Waals surface area contributed by atoms with Crippen molar-refractivity contribution >= 4 is 21.6 Å². The Morgan fingerprint density at radius 2 is 1.79 bits per heavy atom. The molecule has 1 aromatic carbocycles. The monoisotopic (exact) mass is 283 g/mol. The minimum absolute atomic E-state index is 0.489. The molecule has 6 heteroatoms. The van der Waals surface area contributed by atoms with Gasteiger partial charge < -0.3 is 5.73 Å². The van der Waals surface area contributed by atoms with E-state index in [2.05, 4.69) is 0 Å². The molecule has 1 aliphatic heterocycles. The highest BCUT2D eigenvalue weighted by molar-refractivity contribution is 7.90. The van der Waals surface area contributed by atoms with Gasteiger partial charge in [-0.15, -0.1) is 0 Å². The number of hydrogen-bond donors (Lipinski definition) is 1. The normalized spacial score (nSPS) is 16.7. The predicted molar refractivity (Wildman–Crippen MR) is 78.2 cm³/mol. The van der Waals surface area contributed by atoms with Crippen molar-refractivity contribution in [1.29, 1.82) is 0 Å². The second kappa shape index (κ2) is 5.79. The molecule has 0 amide bonds. The van der Waals surface area contributed by atoms with Crippen molar-refractivity contribution in [2.75, 3.05) is 29.7 Å². The van der Waals surface area contributed by atoms with Gasteiger partial charge in [0.15, 0.2) is 0 Å². The molecule has 106 valence electrons. The minimum atomic E-state index is -3.40. The molecule has 1 aromatic rings. The lowest BCUT2D eigenvalue weighted by atomic mass is 10.3. The van der Waals surface area contributed by atoms with E-state index >= 15 is 0 Å². The van der Waals surface area contributed by atoms with Crippen molar-refractivity contribution in [2.24, 2.45) is 0 Å². The quantitative estimate of drug-likeness (QED) is 0.838. The van der Waals surface area contributed by atoms with Crippen LogP contribution in [-0.4, -0.2) is 32.4 Å². The van der Waals surface area contributed by atoms with Gasteiger partial charge in [0, 0.05) is 25.3 Å². The third-order valence-corrected chi connectivity index (χ3v) is 5.25. The van der Waals surface area contributed by atoms with Crippen LogP contribution in [0.3, 0.4) is 0 Å². The standard InChI is InChI=1S/C13H21N3O2S/c1-2-9-16(13-7-5-12(14)6-8-13)19(17,18)15-10-3-4-11-15/h5-8H,2-4,9-11,14H2,1H3. The maximum Gasteiger partial charge on any atom is 0.304 e. The Labute approximate surface area is 115 Å². The Morgan fingerprint density at radius 3 is 2.32 bits per heavy atom. The van der Waals surface area contributed by atoms with Crippen LogP contribution in [0, 0.1) is 0 Å². The summed E-state index contributed by atoms with van der Waals surface area (Å²) in [7, 11) is -3.40. The fourth-order valence-electron chi connectivity index (χ4n) is 2.28. The van der Waals surface area contributed by atoms with Crippen molar-refractivity contribution in [3.05, 3.63) is 24.3 Å². The largest absolute Gasteiger partial charge is 0.399 e. The van der Waals surface area contributed by atoms with Crippen LogP contribution in [0.1, 0.15) is 26.2 Å². The molecule has 2 rings (SSSR count). The summed E-state index contributed by atoms with van der Waals surface area (Å²) in [5.41, 5.74) is 6.97. The van der Waals surface area contributed by atoms with E-state index in [0.717, 1.165) is 19.3 Å². The summed E-state index contributed by atoms with van der Waals surface area (Å²) in [4.78, 5) is 0. The van der Waals surface area contributed by atoms with Crippen molar-refractivity contribution in [1.82, 2.24) is 4.31 Å². The topological polar surface area (TPSA) is 66.6 Å². The molecular weight excluding hydrogens is 262 g/mol. The molecule has 0 radical (unpaired) electrons. The average molecular weight is 283 g/mol. The molecule has 1 saturated heterocycles. The van der Waals surface area contributed by atoms with E-state index in [1.807, 2.05) is 6.92 Å². The van der Waals surface area contributed by atoms with Crippen molar-refractivity contribution in [3.63, 3.8) is 0 Å². The van der Waals surface area contributed by atoms with Crippen LogP contribution in [0.15, 0.2) is 24.3 Å². The average Bonchev–Trinajstić information content (AvgIpc) is 2.92. The number of rotatable bonds is 5. The predicted octanol–water partition coefficient (Wildman–Crippen LogP) is 1.83. The summed E-state index contributed by atoms with van der Waals surface area (Å²) < 4.78 is 28.3. The van der Waals surface area contributed by atoms with Crippen molar-refractivity contribution < 1.29 is 8.42 Å². The summed E-state index contributed by atoms with van der Waals surface area (Å²) in [6.45, 7) is 3.71. The van der Waals surface area contributed by atoms with Gasteiger partial charge >= 0.3 is 10.2 Å². The second-order valence-electron chi connectivity index (χ2n) is 4.78. The van der Waals surface area contributed by atoms with E-state index in [1.165, 1.54) is 4.31 Å². The van der Waals surface area contributed by atoms with Gasteiger partial charge in [-0.25, -0.2) is 0 Å². The summed E-state index contributed by atoms with van der Waals surface area (Å²) in [5, 5.41) is 0. The smallest absolute Gasteiger partial charge is 0.304 e. The Bertz CT molecular complexity index is 507. The zero-order valence-corrected chi connectivity index (χ0v) is 12.1. The lowest BCUT2D eigenvalue weighted by Crippen LogP contribution is -2.43. The van der Waals surface area contributed by atoms with E-state index in [0.29, 0.717) is 31.0 Å². The number of hydrogen-bond acceptors (Lipinski definition) is 3. The Balaban J connectivity index is 2.31. The first kappa shape index (κ1) is 14.1. The van der Waals surface area contributed by atoms with Gasteiger partial charge in [-0.05, 0) is 43.5 Å². The SMILES string of the molecule is CCCN(c1ccc(N)cc1)S(=O)(=O)N1CCCC1. The number of nitrogens with zero attached hydrogens (tertiary/aromatic N) is 2. The molecule has 2 N–H and O–H groups in total. The highest BCUT2D eigenvalue weighted by atomic mass is 32.2. The number of benzene rings is 1. The van der Waals surface area contributed by atoms with E-state index in [-0.39, 0.29) is 0 Å². The molecule has 0 aromatic heterocycles. The fraction of sp³-hybridized carbons (Fsp3) is 0.538. The second-order valence-corrected chi connectivity index (χ2v) is 6.63. The van der Waals surface area contributed by atoms with E-state index in [4.69, 9.17) is 5.73 Å². The van der Waals surface area contributed by atoms with Gasteiger partial charge in [0.25, 0.3) is 0 Å². The van der Waals surface area contributed by atoms with Gasteiger partial charge in [0.05, 0.1) is 5.69 Å². The van der Waals surface area contributed by atoms with Crippen molar-refractivity contribution in [2.45, 2.75) is 26.2 Å². The van der Waals surface area contributed by atoms with E-state index in [1.54, 1.807) is 28.6 Å². The van der Waals surface area contributed by atoms with Crippen LogP contribution in [0.4, 0.5) is 11.4 Å². The molecule has 5 nitrogen and oxygen atoms in total. The summed E-state index contributed by atoms with van der Waals surface area (Å²) >= 11 is 0. The molecule has 0 spiro atoms. The highest BCUT2D eigenvalue weighted by Gasteiger charge is 2.31. The lowest BCUT2D eigenvalue weighted by molar-refractivity contribution is 0.473. The molecule has 0 aliphatic carbocycles. The fourth-order valence-corrected chi connectivity index (χ4v) is 4.08. The lowest BCUT2D eigenvalue weighted by Gasteiger charge is -2.28. The molecule has 1 fully saturated rings. The highest BCUT2D eigenvalue weighted by Crippen LogP contribution is 2.24. The molecule has 1 aliphatic rings. The Morgan fingerprint density at radius 1 is 1.21 bits per heavy atom. The van der Waals surface area contributed by atoms with Crippen LogP contribution >= 0.6 is 0 Å². The van der Waals surface area contributed by atoms with Gasteiger partial charge in [0.1, 0.15) is 0 Å². The van der Waals surface area contributed by atoms with Crippen LogP contribution in [0.25, 0.3) is 0 Å². The first-order valence-corrected chi connectivity index (χ1v) is 8.08. The van der Waals surface area contributed by atoms with Crippen molar-refractivity contribution in [3.8, 4) is 0 Å². The zero-order chi connectivity index (χ0) is 13.9. The molecule has 0 saturated carbocycles. The van der Waals surface area contributed by atoms with Crippen LogP contribution in [0.2, 0.25) is 0 Å². The third-order valence-electron chi connectivity index (χ3n) is 3.28. The Hall–Kier alpha value is -1.27. The maximum absolute atomic E-state index is 12.6. The summed E-state index contributed by atoms with van der Waals surface area (Å²) in [6, 6.07) is 6.99. The van der Waals surface area contributed by atoms with Gasteiger partial charge in [-0.1, -0.05) is 6.92 Å². The molecule has 0 unspecified atom stereocenters. The first-order chi connectivity index (χ1) is 9.05. The number of anilines is 2. The van der Waals surface area contributed by atoms with Crippen LogP contribution in [0.5, 0.6) is 0 Å². The minimum Gasteiger partial charge on any atom is -0.399 e. The molecular formula is C13H21N3O2S. The Kier molecular flexibility index (Phi) is 4.31. The third kappa shape index (κ3) is 3.01. The summed E-state index contributed by atoms with van der Waals surface area (Å²) in [6.07, 6.45) is 2.67. The zero-order valence-electron chi connectivity index (χ0n) is 11.2. The van der Waals surface area contributed by atoms with Gasteiger partial charge in [-0.2, -0.15) is 12.7 Å². The first-order valence-electron chi connectivity index (χ1n) is 6.69.